The second kappa shape index (κ2) is 4.24. The Morgan fingerprint density at radius 2 is 2.33 bits per heavy atom. The molecule has 0 radical (unpaired) electrons. The number of ether oxygens (including phenoxy) is 1. The van der Waals surface area contributed by atoms with Gasteiger partial charge in [-0.1, -0.05) is 20.3 Å². The molecule has 0 aromatic carbocycles. The zero-order valence-electron chi connectivity index (χ0n) is 8.18. The summed E-state index contributed by atoms with van der Waals surface area (Å²) in [4.78, 5) is 0. The van der Waals surface area contributed by atoms with Crippen molar-refractivity contribution in [1.82, 2.24) is 0 Å². The summed E-state index contributed by atoms with van der Waals surface area (Å²) in [5, 5.41) is 10.1. The molecule has 0 aliphatic heterocycles. The Balaban J connectivity index is 2.27. The third-order valence-electron chi connectivity index (χ3n) is 2.86. The number of aliphatic hydroxyl groups is 1. The van der Waals surface area contributed by atoms with Gasteiger partial charge in [0.1, 0.15) is 0 Å². The van der Waals surface area contributed by atoms with Crippen molar-refractivity contribution < 1.29 is 9.84 Å². The molecule has 1 aliphatic rings. The van der Waals surface area contributed by atoms with E-state index in [1.165, 1.54) is 0 Å². The van der Waals surface area contributed by atoms with Crippen molar-refractivity contribution in [3.63, 3.8) is 0 Å². The average Bonchev–Trinajstić information content (AvgIpc) is 2.34. The lowest BCUT2D eigenvalue weighted by atomic mass is 9.94. The Hall–Kier alpha value is -0.0800. The highest BCUT2D eigenvalue weighted by atomic mass is 16.5. The summed E-state index contributed by atoms with van der Waals surface area (Å²) < 4.78 is 5.39. The molecule has 0 spiro atoms. The highest BCUT2D eigenvalue weighted by Gasteiger charge is 2.38. The molecule has 2 nitrogen and oxygen atoms in total. The van der Waals surface area contributed by atoms with E-state index >= 15 is 0 Å². The van der Waals surface area contributed by atoms with Gasteiger partial charge in [-0.2, -0.15) is 0 Å². The van der Waals surface area contributed by atoms with Crippen LogP contribution in [-0.2, 0) is 4.74 Å². The van der Waals surface area contributed by atoms with Crippen molar-refractivity contribution in [2.75, 3.05) is 13.2 Å². The van der Waals surface area contributed by atoms with Crippen LogP contribution in [0.25, 0.3) is 0 Å². The van der Waals surface area contributed by atoms with E-state index in [-0.39, 0.29) is 0 Å². The SMILES string of the molecule is CCCOCC1(O)CCCC1C. The van der Waals surface area contributed by atoms with Crippen LogP contribution < -0.4 is 0 Å². The molecule has 1 N–H and O–H groups in total. The molecule has 12 heavy (non-hydrogen) atoms. The van der Waals surface area contributed by atoms with Crippen LogP contribution in [0.15, 0.2) is 0 Å². The number of rotatable bonds is 4. The van der Waals surface area contributed by atoms with Gasteiger partial charge in [0.05, 0.1) is 12.2 Å². The zero-order valence-corrected chi connectivity index (χ0v) is 8.18. The summed E-state index contributed by atoms with van der Waals surface area (Å²) >= 11 is 0. The Kier molecular flexibility index (Phi) is 3.53. The monoisotopic (exact) mass is 172 g/mol. The third-order valence-corrected chi connectivity index (χ3v) is 2.86. The summed E-state index contributed by atoms with van der Waals surface area (Å²) in [6.45, 7) is 5.50. The second-order valence-corrected chi connectivity index (χ2v) is 3.95. The fourth-order valence-electron chi connectivity index (χ4n) is 1.84. The number of hydrogen-bond donors (Lipinski definition) is 1. The van der Waals surface area contributed by atoms with E-state index in [0.29, 0.717) is 12.5 Å². The molecule has 2 unspecified atom stereocenters. The van der Waals surface area contributed by atoms with Gasteiger partial charge in [-0.05, 0) is 25.2 Å². The molecule has 72 valence electrons. The van der Waals surface area contributed by atoms with Crippen LogP contribution in [0.4, 0.5) is 0 Å². The van der Waals surface area contributed by atoms with Crippen molar-refractivity contribution in [3.05, 3.63) is 0 Å². The summed E-state index contributed by atoms with van der Waals surface area (Å²) in [6.07, 6.45) is 4.24. The first-order chi connectivity index (χ1) is 5.69. The second-order valence-electron chi connectivity index (χ2n) is 3.95. The Morgan fingerprint density at radius 1 is 1.58 bits per heavy atom. The summed E-state index contributed by atoms with van der Waals surface area (Å²) in [7, 11) is 0. The Bertz CT molecular complexity index is 136. The van der Waals surface area contributed by atoms with E-state index in [4.69, 9.17) is 4.74 Å². The first kappa shape index (κ1) is 10.0. The smallest absolute Gasteiger partial charge is 0.0905 e. The van der Waals surface area contributed by atoms with Crippen LogP contribution in [0.1, 0.15) is 39.5 Å². The molecule has 1 aliphatic carbocycles. The minimum atomic E-state index is -0.519. The molecule has 0 heterocycles. The number of hydrogen-bond acceptors (Lipinski definition) is 2. The summed E-state index contributed by atoms with van der Waals surface area (Å²) in [5.74, 6) is 0.411. The van der Waals surface area contributed by atoms with Gasteiger partial charge in [0.15, 0.2) is 0 Å². The Labute approximate surface area is 74.9 Å². The first-order valence-corrected chi connectivity index (χ1v) is 4.99. The molecular weight excluding hydrogens is 152 g/mol. The van der Waals surface area contributed by atoms with Crippen LogP contribution in [0.3, 0.4) is 0 Å². The van der Waals surface area contributed by atoms with Crippen LogP contribution >= 0.6 is 0 Å². The molecule has 2 atom stereocenters. The third kappa shape index (κ3) is 2.20. The van der Waals surface area contributed by atoms with E-state index in [1.807, 2.05) is 0 Å². The minimum Gasteiger partial charge on any atom is -0.387 e. The standard InChI is InChI=1S/C10H20O2/c1-3-7-12-8-10(11)6-4-5-9(10)2/h9,11H,3-8H2,1-2H3. The maximum absolute atomic E-state index is 10.1. The largest absolute Gasteiger partial charge is 0.387 e. The van der Waals surface area contributed by atoms with E-state index in [9.17, 15) is 5.11 Å². The molecule has 0 bridgehead atoms. The topological polar surface area (TPSA) is 29.5 Å². The van der Waals surface area contributed by atoms with Crippen LogP contribution in [-0.4, -0.2) is 23.9 Å². The molecule has 0 saturated heterocycles. The van der Waals surface area contributed by atoms with Gasteiger partial charge in [0, 0.05) is 6.61 Å². The molecule has 1 saturated carbocycles. The lowest BCUT2D eigenvalue weighted by Crippen LogP contribution is -2.37. The first-order valence-electron chi connectivity index (χ1n) is 4.99. The fraction of sp³-hybridized carbons (Fsp3) is 1.00. The van der Waals surface area contributed by atoms with Crippen LogP contribution in [0, 0.1) is 5.92 Å². The molecule has 0 aromatic heterocycles. The van der Waals surface area contributed by atoms with Gasteiger partial charge < -0.3 is 9.84 Å². The van der Waals surface area contributed by atoms with Crippen molar-refractivity contribution in [1.29, 1.82) is 0 Å². The zero-order chi connectivity index (χ0) is 9.03. The molecule has 0 aromatic rings. The van der Waals surface area contributed by atoms with Gasteiger partial charge in [0.2, 0.25) is 0 Å². The summed E-state index contributed by atoms with van der Waals surface area (Å²) in [6, 6.07) is 0. The molecule has 1 rings (SSSR count). The maximum Gasteiger partial charge on any atom is 0.0905 e. The fourth-order valence-corrected chi connectivity index (χ4v) is 1.84. The highest BCUT2D eigenvalue weighted by molar-refractivity contribution is 4.89. The molecule has 2 heteroatoms. The van der Waals surface area contributed by atoms with Crippen molar-refractivity contribution in [2.45, 2.75) is 45.1 Å². The Morgan fingerprint density at radius 3 is 2.83 bits per heavy atom. The van der Waals surface area contributed by atoms with Crippen molar-refractivity contribution >= 4 is 0 Å². The molecule has 0 amide bonds. The van der Waals surface area contributed by atoms with E-state index in [0.717, 1.165) is 32.3 Å². The predicted octanol–water partition coefficient (Wildman–Crippen LogP) is 1.96. The normalized spacial score (nSPS) is 35.8. The van der Waals surface area contributed by atoms with Crippen LogP contribution in [0.5, 0.6) is 0 Å². The van der Waals surface area contributed by atoms with Crippen molar-refractivity contribution in [2.24, 2.45) is 5.92 Å². The van der Waals surface area contributed by atoms with Gasteiger partial charge in [0.25, 0.3) is 0 Å². The van der Waals surface area contributed by atoms with Crippen molar-refractivity contribution in [3.8, 4) is 0 Å². The average molecular weight is 172 g/mol. The van der Waals surface area contributed by atoms with Gasteiger partial charge >= 0.3 is 0 Å². The molecular formula is C10H20O2. The predicted molar refractivity (Wildman–Crippen MR) is 49.1 cm³/mol. The minimum absolute atomic E-state index is 0.411. The van der Waals surface area contributed by atoms with Gasteiger partial charge in [-0.25, -0.2) is 0 Å². The lowest BCUT2D eigenvalue weighted by molar-refractivity contribution is -0.0662. The quantitative estimate of drug-likeness (QED) is 0.657. The van der Waals surface area contributed by atoms with E-state index < -0.39 is 5.60 Å². The van der Waals surface area contributed by atoms with Gasteiger partial charge in [-0.15, -0.1) is 0 Å². The lowest BCUT2D eigenvalue weighted by Gasteiger charge is -2.27. The maximum atomic E-state index is 10.1. The summed E-state index contributed by atoms with van der Waals surface area (Å²) in [5.41, 5.74) is -0.519. The van der Waals surface area contributed by atoms with E-state index in [1.54, 1.807) is 0 Å². The molecule has 1 fully saturated rings. The highest BCUT2D eigenvalue weighted by Crippen LogP contribution is 2.35. The van der Waals surface area contributed by atoms with Crippen LogP contribution in [0.2, 0.25) is 0 Å². The van der Waals surface area contributed by atoms with E-state index in [2.05, 4.69) is 13.8 Å². The van der Waals surface area contributed by atoms with Gasteiger partial charge in [-0.3, -0.25) is 0 Å².